The fourth-order valence-electron chi connectivity index (χ4n) is 1.41. The SMILES string of the molecule is CC(O)CCNCc1ccc(C(N)=O)c(F)c1. The minimum Gasteiger partial charge on any atom is -0.393 e. The summed E-state index contributed by atoms with van der Waals surface area (Å²) in [5, 5.41) is 12.1. The van der Waals surface area contributed by atoms with Crippen molar-refractivity contribution >= 4 is 5.91 Å². The van der Waals surface area contributed by atoms with Gasteiger partial charge in [-0.1, -0.05) is 6.07 Å². The molecule has 1 atom stereocenters. The number of carbonyl (C=O) groups is 1. The van der Waals surface area contributed by atoms with Gasteiger partial charge in [0.25, 0.3) is 5.91 Å². The highest BCUT2D eigenvalue weighted by molar-refractivity contribution is 5.93. The van der Waals surface area contributed by atoms with Gasteiger partial charge in [0, 0.05) is 6.54 Å². The molecule has 0 radical (unpaired) electrons. The number of aliphatic hydroxyl groups excluding tert-OH is 1. The summed E-state index contributed by atoms with van der Waals surface area (Å²) in [7, 11) is 0. The maximum absolute atomic E-state index is 13.4. The van der Waals surface area contributed by atoms with Crippen molar-refractivity contribution in [3.05, 3.63) is 35.1 Å². The molecule has 0 aliphatic rings. The number of amides is 1. The van der Waals surface area contributed by atoms with E-state index in [9.17, 15) is 9.18 Å². The lowest BCUT2D eigenvalue weighted by Gasteiger charge is -2.07. The number of primary amides is 1. The number of hydrogen-bond acceptors (Lipinski definition) is 3. The summed E-state index contributed by atoms with van der Waals surface area (Å²) in [5.41, 5.74) is 5.63. The summed E-state index contributed by atoms with van der Waals surface area (Å²) >= 11 is 0. The number of rotatable bonds is 6. The molecular weight excluding hydrogens is 223 g/mol. The quantitative estimate of drug-likeness (QED) is 0.643. The second kappa shape index (κ2) is 6.32. The van der Waals surface area contributed by atoms with Crippen LogP contribution in [0.3, 0.4) is 0 Å². The number of benzene rings is 1. The molecule has 0 heterocycles. The molecular formula is C12H17FN2O2. The van der Waals surface area contributed by atoms with E-state index in [4.69, 9.17) is 10.8 Å². The highest BCUT2D eigenvalue weighted by Crippen LogP contribution is 2.09. The summed E-state index contributed by atoms with van der Waals surface area (Å²) in [6.45, 7) is 2.85. The monoisotopic (exact) mass is 240 g/mol. The normalized spacial score (nSPS) is 12.4. The smallest absolute Gasteiger partial charge is 0.251 e. The summed E-state index contributed by atoms with van der Waals surface area (Å²) in [5.74, 6) is -1.37. The molecule has 0 spiro atoms. The fourth-order valence-corrected chi connectivity index (χ4v) is 1.41. The predicted octanol–water partition coefficient (Wildman–Crippen LogP) is 0.785. The van der Waals surface area contributed by atoms with Crippen molar-refractivity contribution in [2.24, 2.45) is 5.73 Å². The van der Waals surface area contributed by atoms with Gasteiger partial charge in [-0.2, -0.15) is 0 Å². The molecule has 1 rings (SSSR count). The molecule has 17 heavy (non-hydrogen) atoms. The van der Waals surface area contributed by atoms with Gasteiger partial charge in [-0.25, -0.2) is 4.39 Å². The molecule has 4 nitrogen and oxygen atoms in total. The standard InChI is InChI=1S/C12H17FN2O2/c1-8(16)4-5-15-7-9-2-3-10(12(14)17)11(13)6-9/h2-3,6,8,15-16H,4-5,7H2,1H3,(H2,14,17). The van der Waals surface area contributed by atoms with Crippen LogP contribution in [0.25, 0.3) is 0 Å². The van der Waals surface area contributed by atoms with Gasteiger partial charge in [0.1, 0.15) is 5.82 Å². The van der Waals surface area contributed by atoms with Crippen LogP contribution in [-0.2, 0) is 6.54 Å². The Kier molecular flexibility index (Phi) is 5.06. The lowest BCUT2D eigenvalue weighted by atomic mass is 10.1. The Hall–Kier alpha value is -1.46. The number of aliphatic hydroxyl groups is 1. The molecule has 1 aromatic carbocycles. The number of hydrogen-bond donors (Lipinski definition) is 3. The van der Waals surface area contributed by atoms with Crippen molar-refractivity contribution in [3.63, 3.8) is 0 Å². The second-order valence-electron chi connectivity index (χ2n) is 3.99. The minimum atomic E-state index is -0.767. The number of carbonyl (C=O) groups excluding carboxylic acids is 1. The largest absolute Gasteiger partial charge is 0.393 e. The second-order valence-corrected chi connectivity index (χ2v) is 3.99. The van der Waals surface area contributed by atoms with Crippen molar-refractivity contribution in [1.29, 1.82) is 0 Å². The van der Waals surface area contributed by atoms with E-state index in [1.165, 1.54) is 12.1 Å². The third kappa shape index (κ3) is 4.50. The molecule has 0 aliphatic heterocycles. The van der Waals surface area contributed by atoms with Gasteiger partial charge in [0.2, 0.25) is 0 Å². The van der Waals surface area contributed by atoms with Gasteiger partial charge >= 0.3 is 0 Å². The first-order valence-electron chi connectivity index (χ1n) is 5.47. The van der Waals surface area contributed by atoms with E-state index in [-0.39, 0.29) is 11.7 Å². The first-order chi connectivity index (χ1) is 8.00. The molecule has 0 saturated carbocycles. The Labute approximate surface area is 99.6 Å². The zero-order valence-corrected chi connectivity index (χ0v) is 9.74. The van der Waals surface area contributed by atoms with E-state index in [2.05, 4.69) is 5.32 Å². The fraction of sp³-hybridized carbons (Fsp3) is 0.417. The molecule has 0 saturated heterocycles. The third-order valence-electron chi connectivity index (χ3n) is 2.37. The van der Waals surface area contributed by atoms with Crippen molar-refractivity contribution in [2.45, 2.75) is 26.0 Å². The van der Waals surface area contributed by atoms with Crippen LogP contribution < -0.4 is 11.1 Å². The van der Waals surface area contributed by atoms with Crippen LogP contribution in [0.1, 0.15) is 29.3 Å². The molecule has 1 unspecified atom stereocenters. The molecule has 0 fully saturated rings. The van der Waals surface area contributed by atoms with E-state index in [1.807, 2.05) is 0 Å². The highest BCUT2D eigenvalue weighted by atomic mass is 19.1. The zero-order valence-electron chi connectivity index (χ0n) is 9.74. The molecule has 4 N–H and O–H groups in total. The Morgan fingerprint density at radius 1 is 1.59 bits per heavy atom. The Morgan fingerprint density at radius 2 is 2.29 bits per heavy atom. The Balaban J connectivity index is 2.50. The van der Waals surface area contributed by atoms with Crippen molar-refractivity contribution in [2.75, 3.05) is 6.54 Å². The van der Waals surface area contributed by atoms with Crippen molar-refractivity contribution in [3.8, 4) is 0 Å². The van der Waals surface area contributed by atoms with E-state index >= 15 is 0 Å². The summed E-state index contributed by atoms with van der Waals surface area (Å²) in [6.07, 6.45) is 0.290. The zero-order chi connectivity index (χ0) is 12.8. The summed E-state index contributed by atoms with van der Waals surface area (Å²) in [4.78, 5) is 10.8. The van der Waals surface area contributed by atoms with Gasteiger partial charge in [-0.3, -0.25) is 4.79 Å². The number of nitrogens with one attached hydrogen (secondary N) is 1. The third-order valence-corrected chi connectivity index (χ3v) is 2.37. The van der Waals surface area contributed by atoms with Crippen LogP contribution in [0.2, 0.25) is 0 Å². The van der Waals surface area contributed by atoms with Crippen molar-refractivity contribution < 1.29 is 14.3 Å². The van der Waals surface area contributed by atoms with Gasteiger partial charge in [0.05, 0.1) is 11.7 Å². The van der Waals surface area contributed by atoms with Crippen LogP contribution in [0.5, 0.6) is 0 Å². The van der Waals surface area contributed by atoms with E-state index in [0.29, 0.717) is 19.5 Å². The Morgan fingerprint density at radius 3 is 2.82 bits per heavy atom. The molecule has 1 amide bonds. The first kappa shape index (κ1) is 13.6. The minimum absolute atomic E-state index is 0.0993. The van der Waals surface area contributed by atoms with Gasteiger partial charge in [-0.15, -0.1) is 0 Å². The maximum atomic E-state index is 13.4. The average Bonchev–Trinajstić information content (AvgIpc) is 2.23. The van der Waals surface area contributed by atoms with Gasteiger partial charge < -0.3 is 16.2 Å². The van der Waals surface area contributed by atoms with Crippen LogP contribution in [0, 0.1) is 5.82 Å². The van der Waals surface area contributed by atoms with E-state index < -0.39 is 11.7 Å². The molecule has 0 aliphatic carbocycles. The van der Waals surface area contributed by atoms with Crippen LogP contribution in [0.15, 0.2) is 18.2 Å². The van der Waals surface area contributed by atoms with Gasteiger partial charge in [0.15, 0.2) is 0 Å². The van der Waals surface area contributed by atoms with E-state index in [0.717, 1.165) is 5.56 Å². The van der Waals surface area contributed by atoms with Gasteiger partial charge in [-0.05, 0) is 37.6 Å². The molecule has 5 heteroatoms. The van der Waals surface area contributed by atoms with E-state index in [1.54, 1.807) is 13.0 Å². The highest BCUT2D eigenvalue weighted by Gasteiger charge is 2.08. The van der Waals surface area contributed by atoms with Crippen molar-refractivity contribution in [1.82, 2.24) is 5.32 Å². The lowest BCUT2D eigenvalue weighted by molar-refractivity contribution is 0.0996. The van der Waals surface area contributed by atoms with Crippen LogP contribution in [-0.4, -0.2) is 23.7 Å². The Bertz CT molecular complexity index is 394. The predicted molar refractivity (Wildman–Crippen MR) is 62.9 cm³/mol. The van der Waals surface area contributed by atoms with Crippen LogP contribution >= 0.6 is 0 Å². The number of halogens is 1. The van der Waals surface area contributed by atoms with Crippen LogP contribution in [0.4, 0.5) is 4.39 Å². The molecule has 94 valence electrons. The summed E-state index contributed by atoms with van der Waals surface area (Å²) < 4.78 is 13.4. The maximum Gasteiger partial charge on any atom is 0.251 e. The average molecular weight is 240 g/mol. The lowest BCUT2D eigenvalue weighted by Crippen LogP contribution is -2.19. The topological polar surface area (TPSA) is 75.3 Å². The molecule has 1 aromatic rings. The molecule has 0 bridgehead atoms. The summed E-state index contributed by atoms with van der Waals surface area (Å²) in [6, 6.07) is 4.32. The first-order valence-corrected chi connectivity index (χ1v) is 5.47. The number of nitrogens with two attached hydrogens (primary N) is 1. The molecule has 0 aromatic heterocycles.